The van der Waals surface area contributed by atoms with Gasteiger partial charge in [0.05, 0.1) is 11.7 Å². The van der Waals surface area contributed by atoms with Gasteiger partial charge in [0.25, 0.3) is 0 Å². The van der Waals surface area contributed by atoms with Crippen LogP contribution in [-0.4, -0.2) is 39.7 Å². The van der Waals surface area contributed by atoms with Crippen molar-refractivity contribution in [1.82, 2.24) is 14.1 Å². The molecule has 1 atom stereocenters. The monoisotopic (exact) mass is 243 g/mol. The van der Waals surface area contributed by atoms with Crippen LogP contribution in [0.4, 0.5) is 0 Å². The predicted octanol–water partition coefficient (Wildman–Crippen LogP) is 0.667. The quantitative estimate of drug-likeness (QED) is 0.736. The second-order valence-electron chi connectivity index (χ2n) is 4.17. The number of rotatable bonds is 7. The Labute approximate surface area is 99.2 Å². The standard InChI is InChI=1S/C10H17N3O2S/c14-9(5-11-4-8-2-1-3-8)7-15-10-6-12-16-13-10/h6,8-9,11,14H,1-5,7H2. The van der Waals surface area contributed by atoms with Crippen LogP contribution in [0.2, 0.25) is 0 Å². The molecule has 1 aliphatic rings. The zero-order chi connectivity index (χ0) is 11.2. The highest BCUT2D eigenvalue weighted by Gasteiger charge is 2.17. The molecular formula is C10H17N3O2S. The first-order chi connectivity index (χ1) is 7.84. The highest BCUT2D eigenvalue weighted by atomic mass is 32.1. The van der Waals surface area contributed by atoms with Gasteiger partial charge in [0.2, 0.25) is 5.88 Å². The summed E-state index contributed by atoms with van der Waals surface area (Å²) >= 11 is 1.10. The summed E-state index contributed by atoms with van der Waals surface area (Å²) in [6.07, 6.45) is 5.07. The van der Waals surface area contributed by atoms with Gasteiger partial charge in [-0.05, 0) is 25.3 Å². The molecule has 1 saturated carbocycles. The molecule has 0 aliphatic heterocycles. The first-order valence-corrected chi connectivity index (χ1v) is 6.37. The summed E-state index contributed by atoms with van der Waals surface area (Å²) in [5.74, 6) is 1.30. The van der Waals surface area contributed by atoms with Crippen LogP contribution in [0.3, 0.4) is 0 Å². The zero-order valence-corrected chi connectivity index (χ0v) is 9.95. The molecule has 5 nitrogen and oxygen atoms in total. The minimum Gasteiger partial charge on any atom is -0.473 e. The van der Waals surface area contributed by atoms with Crippen molar-refractivity contribution in [3.8, 4) is 5.88 Å². The lowest BCUT2D eigenvalue weighted by Crippen LogP contribution is -2.35. The Hall–Kier alpha value is -0.720. The molecule has 1 aliphatic carbocycles. The molecule has 1 aromatic rings. The second-order valence-corrected chi connectivity index (χ2v) is 4.72. The Morgan fingerprint density at radius 2 is 2.50 bits per heavy atom. The molecule has 90 valence electrons. The largest absolute Gasteiger partial charge is 0.473 e. The van der Waals surface area contributed by atoms with Crippen molar-refractivity contribution in [2.45, 2.75) is 25.4 Å². The normalized spacial score (nSPS) is 18.1. The summed E-state index contributed by atoms with van der Waals surface area (Å²) in [5.41, 5.74) is 0. The van der Waals surface area contributed by atoms with E-state index in [1.807, 2.05) is 0 Å². The van der Waals surface area contributed by atoms with Crippen LogP contribution in [-0.2, 0) is 0 Å². The van der Waals surface area contributed by atoms with Crippen molar-refractivity contribution >= 4 is 11.7 Å². The summed E-state index contributed by atoms with van der Waals surface area (Å²) in [7, 11) is 0. The summed E-state index contributed by atoms with van der Waals surface area (Å²) in [4.78, 5) is 0. The van der Waals surface area contributed by atoms with Crippen LogP contribution in [0.25, 0.3) is 0 Å². The van der Waals surface area contributed by atoms with Gasteiger partial charge in [-0.15, -0.1) is 4.37 Å². The van der Waals surface area contributed by atoms with Gasteiger partial charge in [0, 0.05) is 6.54 Å². The van der Waals surface area contributed by atoms with Crippen LogP contribution in [0.15, 0.2) is 6.20 Å². The Morgan fingerprint density at radius 1 is 1.62 bits per heavy atom. The number of ether oxygens (including phenoxy) is 1. The molecule has 0 bridgehead atoms. The van der Waals surface area contributed by atoms with Gasteiger partial charge in [-0.2, -0.15) is 4.37 Å². The lowest BCUT2D eigenvalue weighted by molar-refractivity contribution is 0.102. The maximum absolute atomic E-state index is 9.62. The van der Waals surface area contributed by atoms with Crippen LogP contribution < -0.4 is 10.1 Å². The van der Waals surface area contributed by atoms with Crippen molar-refractivity contribution in [3.63, 3.8) is 0 Å². The van der Waals surface area contributed by atoms with Crippen LogP contribution in [0, 0.1) is 5.92 Å². The summed E-state index contributed by atoms with van der Waals surface area (Å²) < 4.78 is 13.0. The van der Waals surface area contributed by atoms with E-state index < -0.39 is 6.10 Å². The molecule has 1 heterocycles. The Balaban J connectivity index is 1.52. The molecule has 2 N–H and O–H groups in total. The molecule has 0 amide bonds. The SMILES string of the molecule is OC(CNCC1CCC1)COc1cnsn1. The molecule has 1 unspecified atom stereocenters. The van der Waals surface area contributed by atoms with E-state index in [0.717, 1.165) is 24.2 Å². The van der Waals surface area contributed by atoms with E-state index in [1.165, 1.54) is 19.3 Å². The summed E-state index contributed by atoms with van der Waals surface area (Å²) in [6.45, 7) is 1.85. The predicted molar refractivity (Wildman–Crippen MR) is 61.6 cm³/mol. The van der Waals surface area contributed by atoms with Gasteiger partial charge in [-0.1, -0.05) is 6.42 Å². The third-order valence-electron chi connectivity index (χ3n) is 2.80. The third kappa shape index (κ3) is 3.70. The molecule has 16 heavy (non-hydrogen) atoms. The van der Waals surface area contributed by atoms with Crippen molar-refractivity contribution in [2.24, 2.45) is 5.92 Å². The fourth-order valence-electron chi connectivity index (χ4n) is 1.61. The number of nitrogens with one attached hydrogen (secondary N) is 1. The molecular weight excluding hydrogens is 226 g/mol. The fraction of sp³-hybridized carbons (Fsp3) is 0.800. The van der Waals surface area contributed by atoms with Crippen molar-refractivity contribution < 1.29 is 9.84 Å². The van der Waals surface area contributed by atoms with Crippen molar-refractivity contribution in [3.05, 3.63) is 6.20 Å². The molecule has 2 rings (SSSR count). The van der Waals surface area contributed by atoms with E-state index >= 15 is 0 Å². The minimum absolute atomic E-state index is 0.267. The molecule has 0 spiro atoms. The summed E-state index contributed by atoms with van der Waals surface area (Å²) in [5, 5.41) is 12.9. The first-order valence-electron chi connectivity index (χ1n) is 5.63. The molecule has 0 aromatic carbocycles. The maximum atomic E-state index is 9.62. The Bertz CT molecular complexity index is 290. The van der Waals surface area contributed by atoms with E-state index in [1.54, 1.807) is 6.20 Å². The Morgan fingerprint density at radius 3 is 3.12 bits per heavy atom. The maximum Gasteiger partial charge on any atom is 0.245 e. The van der Waals surface area contributed by atoms with Crippen LogP contribution >= 0.6 is 11.7 Å². The lowest BCUT2D eigenvalue weighted by Gasteiger charge is -2.26. The molecule has 1 aromatic heterocycles. The van der Waals surface area contributed by atoms with E-state index in [4.69, 9.17) is 4.74 Å². The van der Waals surface area contributed by atoms with E-state index in [2.05, 4.69) is 14.1 Å². The van der Waals surface area contributed by atoms with Crippen molar-refractivity contribution in [1.29, 1.82) is 0 Å². The smallest absolute Gasteiger partial charge is 0.245 e. The average molecular weight is 243 g/mol. The Kier molecular flexibility index (Phi) is 4.50. The zero-order valence-electron chi connectivity index (χ0n) is 9.13. The van der Waals surface area contributed by atoms with E-state index in [0.29, 0.717) is 12.4 Å². The number of aliphatic hydroxyl groups is 1. The fourth-order valence-corrected chi connectivity index (χ4v) is 1.98. The van der Waals surface area contributed by atoms with Gasteiger partial charge in [-0.3, -0.25) is 0 Å². The summed E-state index contributed by atoms with van der Waals surface area (Å²) in [6, 6.07) is 0. The van der Waals surface area contributed by atoms with Gasteiger partial charge in [0.15, 0.2) is 0 Å². The van der Waals surface area contributed by atoms with Gasteiger partial charge >= 0.3 is 0 Å². The van der Waals surface area contributed by atoms with Gasteiger partial charge < -0.3 is 15.2 Å². The highest BCUT2D eigenvalue weighted by Crippen LogP contribution is 2.24. The van der Waals surface area contributed by atoms with Gasteiger partial charge in [-0.25, -0.2) is 0 Å². The second kappa shape index (κ2) is 6.12. The number of aromatic nitrogens is 2. The van der Waals surface area contributed by atoms with Crippen molar-refractivity contribution in [2.75, 3.05) is 19.7 Å². The number of nitrogens with zero attached hydrogens (tertiary/aromatic N) is 2. The highest BCUT2D eigenvalue weighted by molar-refractivity contribution is 6.99. The molecule has 0 saturated heterocycles. The van der Waals surface area contributed by atoms with E-state index in [9.17, 15) is 5.11 Å². The van der Waals surface area contributed by atoms with Crippen LogP contribution in [0.5, 0.6) is 5.88 Å². The first kappa shape index (κ1) is 11.8. The number of aliphatic hydroxyl groups excluding tert-OH is 1. The third-order valence-corrected chi connectivity index (χ3v) is 3.26. The topological polar surface area (TPSA) is 67.3 Å². The lowest BCUT2D eigenvalue weighted by atomic mass is 9.85. The molecule has 0 radical (unpaired) electrons. The number of hydrogen-bond acceptors (Lipinski definition) is 6. The average Bonchev–Trinajstić information content (AvgIpc) is 2.71. The minimum atomic E-state index is -0.484. The molecule has 6 heteroatoms. The number of hydrogen-bond donors (Lipinski definition) is 2. The van der Waals surface area contributed by atoms with E-state index in [-0.39, 0.29) is 6.61 Å². The van der Waals surface area contributed by atoms with Gasteiger partial charge in [0.1, 0.15) is 18.9 Å². The molecule has 1 fully saturated rings. The van der Waals surface area contributed by atoms with Crippen LogP contribution in [0.1, 0.15) is 19.3 Å².